The molecule has 0 aliphatic rings. The van der Waals surface area contributed by atoms with E-state index < -0.39 is 32.7 Å². The Bertz CT molecular complexity index is 906. The van der Waals surface area contributed by atoms with Crippen LogP contribution >= 0.6 is 0 Å². The minimum Gasteiger partial charge on any atom is -0.319 e. The zero-order valence-corrected chi connectivity index (χ0v) is 14.3. The summed E-state index contributed by atoms with van der Waals surface area (Å²) in [6, 6.07) is 6.66. The van der Waals surface area contributed by atoms with Crippen LogP contribution in [0.3, 0.4) is 0 Å². The first-order valence-electron chi connectivity index (χ1n) is 7.55. The highest BCUT2D eigenvalue weighted by atomic mass is 19.1. The molecule has 0 radical (unpaired) electrons. The smallest absolute Gasteiger partial charge is 0.273 e. The van der Waals surface area contributed by atoms with Gasteiger partial charge in [-0.2, -0.15) is 0 Å². The number of non-ortho nitro benzene ring substituents is 1. The molecule has 0 aliphatic carbocycles. The van der Waals surface area contributed by atoms with Gasteiger partial charge in [0.25, 0.3) is 17.3 Å². The molecule has 0 saturated heterocycles. The number of carbonyl (C=O) groups excluding carboxylic acids is 1. The molecular formula is C17H16FN3O5. The van der Waals surface area contributed by atoms with Gasteiger partial charge in [0, 0.05) is 29.3 Å². The number of amides is 1. The number of nitro benzene ring substituents is 2. The van der Waals surface area contributed by atoms with E-state index >= 15 is 0 Å². The van der Waals surface area contributed by atoms with Gasteiger partial charge >= 0.3 is 0 Å². The van der Waals surface area contributed by atoms with Crippen LogP contribution in [0, 0.1) is 26.0 Å². The van der Waals surface area contributed by atoms with Crippen molar-refractivity contribution >= 4 is 23.0 Å². The molecule has 0 fully saturated rings. The van der Waals surface area contributed by atoms with Crippen molar-refractivity contribution in [3.05, 3.63) is 73.6 Å². The van der Waals surface area contributed by atoms with Crippen molar-refractivity contribution in [1.29, 1.82) is 0 Å². The molecule has 1 N–H and O–H groups in total. The molecule has 2 aromatic rings. The van der Waals surface area contributed by atoms with Crippen molar-refractivity contribution in [3.63, 3.8) is 0 Å². The molecule has 136 valence electrons. The number of anilines is 1. The maximum absolute atomic E-state index is 13.8. The fourth-order valence-electron chi connectivity index (χ4n) is 2.38. The minimum atomic E-state index is -0.857. The lowest BCUT2D eigenvalue weighted by molar-refractivity contribution is -0.386. The quantitative estimate of drug-likeness (QED) is 0.647. The Morgan fingerprint density at radius 1 is 1.04 bits per heavy atom. The molecule has 26 heavy (non-hydrogen) atoms. The molecule has 1 amide bonds. The van der Waals surface area contributed by atoms with E-state index in [0.717, 1.165) is 24.3 Å². The second-order valence-electron chi connectivity index (χ2n) is 6.61. The van der Waals surface area contributed by atoms with E-state index in [0.29, 0.717) is 5.56 Å². The summed E-state index contributed by atoms with van der Waals surface area (Å²) >= 11 is 0. The molecule has 0 bridgehead atoms. The van der Waals surface area contributed by atoms with Crippen LogP contribution in [0.15, 0.2) is 36.4 Å². The van der Waals surface area contributed by atoms with Crippen LogP contribution in [0.5, 0.6) is 0 Å². The van der Waals surface area contributed by atoms with Gasteiger partial charge in [0.15, 0.2) is 0 Å². The number of hydrogen-bond donors (Lipinski definition) is 1. The lowest BCUT2D eigenvalue weighted by Crippen LogP contribution is -2.17. The predicted octanol–water partition coefficient (Wildman–Crippen LogP) is 4.19. The lowest BCUT2D eigenvalue weighted by atomic mass is 9.85. The zero-order chi connectivity index (χ0) is 19.6. The van der Waals surface area contributed by atoms with Crippen LogP contribution in [-0.2, 0) is 5.41 Å². The van der Waals surface area contributed by atoms with E-state index in [4.69, 9.17) is 0 Å². The monoisotopic (exact) mass is 361 g/mol. The first-order valence-corrected chi connectivity index (χ1v) is 7.55. The molecule has 0 spiro atoms. The summed E-state index contributed by atoms with van der Waals surface area (Å²) in [5.74, 6) is -1.67. The molecule has 0 aliphatic heterocycles. The number of benzene rings is 2. The van der Waals surface area contributed by atoms with Crippen molar-refractivity contribution in [3.8, 4) is 0 Å². The molecule has 8 nitrogen and oxygen atoms in total. The van der Waals surface area contributed by atoms with Crippen molar-refractivity contribution in [2.24, 2.45) is 0 Å². The van der Waals surface area contributed by atoms with Crippen molar-refractivity contribution < 1.29 is 19.0 Å². The largest absolute Gasteiger partial charge is 0.319 e. The number of rotatable bonds is 4. The summed E-state index contributed by atoms with van der Waals surface area (Å²) in [5, 5.41) is 24.3. The molecule has 2 aromatic carbocycles. The first kappa shape index (κ1) is 19.0. The molecule has 0 heterocycles. The van der Waals surface area contributed by atoms with E-state index in [1.54, 1.807) is 20.8 Å². The number of nitro groups is 2. The highest BCUT2D eigenvalue weighted by molar-refractivity contribution is 6.05. The Morgan fingerprint density at radius 2 is 1.69 bits per heavy atom. The van der Waals surface area contributed by atoms with Crippen LogP contribution in [0.1, 0.15) is 36.7 Å². The Balaban J connectivity index is 2.39. The van der Waals surface area contributed by atoms with Gasteiger partial charge < -0.3 is 5.32 Å². The minimum absolute atomic E-state index is 0.0596. The average molecular weight is 361 g/mol. The van der Waals surface area contributed by atoms with E-state index in [9.17, 15) is 29.4 Å². The van der Waals surface area contributed by atoms with Gasteiger partial charge in [0.1, 0.15) is 5.82 Å². The van der Waals surface area contributed by atoms with Crippen molar-refractivity contribution in [1.82, 2.24) is 0 Å². The SMILES string of the molecule is CC(C)(C)c1ccc(C(=O)Nc2cc([N+](=O)[O-])ccc2F)cc1[N+](=O)[O-]. The molecule has 0 unspecified atom stereocenters. The molecule has 0 atom stereocenters. The Hall–Kier alpha value is -3.36. The highest BCUT2D eigenvalue weighted by Crippen LogP contribution is 2.32. The third-order valence-electron chi connectivity index (χ3n) is 3.67. The number of halogens is 1. The van der Waals surface area contributed by atoms with Crippen molar-refractivity contribution in [2.75, 3.05) is 5.32 Å². The second kappa shape index (κ2) is 6.87. The van der Waals surface area contributed by atoms with Gasteiger partial charge in [-0.05, 0) is 17.5 Å². The number of hydrogen-bond acceptors (Lipinski definition) is 5. The Kier molecular flexibility index (Phi) is 5.01. The van der Waals surface area contributed by atoms with Crippen LogP contribution in [0.2, 0.25) is 0 Å². The van der Waals surface area contributed by atoms with E-state index in [2.05, 4.69) is 5.32 Å². The highest BCUT2D eigenvalue weighted by Gasteiger charge is 2.26. The predicted molar refractivity (Wildman–Crippen MR) is 92.8 cm³/mol. The fourth-order valence-corrected chi connectivity index (χ4v) is 2.38. The van der Waals surface area contributed by atoms with Gasteiger partial charge in [-0.15, -0.1) is 0 Å². The second-order valence-corrected chi connectivity index (χ2v) is 6.61. The Labute approximate surface area is 147 Å². The van der Waals surface area contributed by atoms with Crippen molar-refractivity contribution in [2.45, 2.75) is 26.2 Å². The lowest BCUT2D eigenvalue weighted by Gasteiger charge is -2.19. The standard InChI is InChI=1S/C17H16FN3O5/c1-17(2,3)12-6-4-10(8-15(12)21(25)26)16(22)19-14-9-11(20(23)24)5-7-13(14)18/h4-9H,1-3H3,(H,19,22). The third kappa shape index (κ3) is 4.00. The summed E-state index contributed by atoms with van der Waals surface area (Å²) in [5.41, 5.74) is -1.13. The molecule has 2 rings (SSSR count). The molecular weight excluding hydrogens is 345 g/mol. The van der Waals surface area contributed by atoms with Gasteiger partial charge in [-0.3, -0.25) is 25.0 Å². The van der Waals surface area contributed by atoms with E-state index in [1.807, 2.05) is 0 Å². The van der Waals surface area contributed by atoms with Crippen LogP contribution in [0.25, 0.3) is 0 Å². The summed E-state index contributed by atoms with van der Waals surface area (Å²) < 4.78 is 13.8. The number of nitrogens with one attached hydrogen (secondary N) is 1. The first-order chi connectivity index (χ1) is 12.0. The maximum atomic E-state index is 13.8. The van der Waals surface area contributed by atoms with Crippen LogP contribution in [-0.4, -0.2) is 15.8 Å². The van der Waals surface area contributed by atoms with E-state index in [-0.39, 0.29) is 16.9 Å². The Morgan fingerprint density at radius 3 is 2.23 bits per heavy atom. The zero-order valence-electron chi connectivity index (χ0n) is 14.3. The van der Waals surface area contributed by atoms with Gasteiger partial charge in [-0.25, -0.2) is 4.39 Å². The van der Waals surface area contributed by atoms with Crippen LogP contribution in [0.4, 0.5) is 21.5 Å². The normalized spacial score (nSPS) is 11.1. The number of carbonyl (C=O) groups is 1. The summed E-state index contributed by atoms with van der Waals surface area (Å²) in [6.07, 6.45) is 0. The maximum Gasteiger partial charge on any atom is 0.273 e. The third-order valence-corrected chi connectivity index (χ3v) is 3.67. The van der Waals surface area contributed by atoms with Crippen LogP contribution < -0.4 is 5.32 Å². The number of nitrogens with zero attached hydrogens (tertiary/aromatic N) is 2. The summed E-state index contributed by atoms with van der Waals surface area (Å²) in [6.45, 7) is 5.40. The molecule has 9 heteroatoms. The summed E-state index contributed by atoms with van der Waals surface area (Å²) in [4.78, 5) is 33.1. The molecule has 0 saturated carbocycles. The van der Waals surface area contributed by atoms with Gasteiger partial charge in [0.05, 0.1) is 15.5 Å². The fraction of sp³-hybridized carbons (Fsp3) is 0.235. The van der Waals surface area contributed by atoms with Gasteiger partial charge in [-0.1, -0.05) is 26.8 Å². The van der Waals surface area contributed by atoms with Gasteiger partial charge in [0.2, 0.25) is 0 Å². The van der Waals surface area contributed by atoms with E-state index in [1.165, 1.54) is 12.1 Å². The average Bonchev–Trinajstić information content (AvgIpc) is 2.55. The molecule has 0 aromatic heterocycles. The topological polar surface area (TPSA) is 115 Å². The summed E-state index contributed by atoms with van der Waals surface area (Å²) in [7, 11) is 0.